The lowest BCUT2D eigenvalue weighted by Gasteiger charge is -2.13. The monoisotopic (exact) mass is 377 g/mol. The normalized spacial score (nSPS) is 11.2. The summed E-state index contributed by atoms with van der Waals surface area (Å²) in [6, 6.07) is 14.3. The molecule has 3 aromatic rings. The molecule has 1 heterocycles. The zero-order chi connectivity index (χ0) is 19.4. The average Bonchev–Trinajstić information content (AvgIpc) is 3.02. The van der Waals surface area contributed by atoms with Gasteiger partial charge < -0.3 is 15.2 Å². The van der Waals surface area contributed by atoms with E-state index < -0.39 is 18.0 Å². The van der Waals surface area contributed by atoms with Crippen molar-refractivity contribution in [1.82, 2.24) is 15.1 Å². The first-order chi connectivity index (χ1) is 12.8. The number of benzene rings is 2. The highest BCUT2D eigenvalue weighted by Gasteiger charge is 2.32. The number of carbonyl (C=O) groups is 1. The quantitative estimate of drug-likeness (QED) is 0.715. The Bertz CT molecular complexity index is 940. The summed E-state index contributed by atoms with van der Waals surface area (Å²) in [5, 5.41) is 16.4. The standard InChI is InChI=1S/C18H14F3N3O3/c19-18(20,21)27-15-9-5-4-6-12(15)10-22-17(26)16-14(25)11-24(23-16)13-7-2-1-3-8-13/h1-9,11,25H,10H2,(H,22,26). The van der Waals surface area contributed by atoms with Crippen molar-refractivity contribution in [2.24, 2.45) is 0 Å². The molecule has 0 bridgehead atoms. The smallest absolute Gasteiger partial charge is 0.504 e. The van der Waals surface area contributed by atoms with E-state index in [4.69, 9.17) is 0 Å². The number of carbonyl (C=O) groups excluding carboxylic acids is 1. The molecule has 140 valence electrons. The van der Waals surface area contributed by atoms with Gasteiger partial charge >= 0.3 is 6.36 Å². The van der Waals surface area contributed by atoms with Crippen LogP contribution in [0.2, 0.25) is 0 Å². The lowest BCUT2D eigenvalue weighted by atomic mass is 10.2. The van der Waals surface area contributed by atoms with Gasteiger partial charge in [-0.15, -0.1) is 13.2 Å². The number of halogens is 3. The molecule has 2 N–H and O–H groups in total. The molecule has 0 aliphatic heterocycles. The molecule has 0 spiro atoms. The van der Waals surface area contributed by atoms with Gasteiger partial charge in [-0.05, 0) is 18.2 Å². The van der Waals surface area contributed by atoms with Crippen LogP contribution in [0.4, 0.5) is 13.2 Å². The maximum absolute atomic E-state index is 12.4. The van der Waals surface area contributed by atoms with Crippen molar-refractivity contribution in [2.45, 2.75) is 12.9 Å². The van der Waals surface area contributed by atoms with E-state index in [1.165, 1.54) is 29.1 Å². The molecule has 3 rings (SSSR count). The first kappa shape index (κ1) is 18.3. The van der Waals surface area contributed by atoms with Gasteiger partial charge in [-0.2, -0.15) is 5.10 Å². The van der Waals surface area contributed by atoms with Crippen LogP contribution in [0.1, 0.15) is 16.1 Å². The average molecular weight is 377 g/mol. The van der Waals surface area contributed by atoms with E-state index in [9.17, 15) is 23.1 Å². The van der Waals surface area contributed by atoms with Gasteiger partial charge in [-0.25, -0.2) is 4.68 Å². The zero-order valence-electron chi connectivity index (χ0n) is 13.8. The van der Waals surface area contributed by atoms with Gasteiger partial charge in [0.15, 0.2) is 11.4 Å². The molecular weight excluding hydrogens is 363 g/mol. The molecule has 1 amide bonds. The van der Waals surface area contributed by atoms with E-state index in [0.29, 0.717) is 5.69 Å². The number of nitrogens with zero attached hydrogens (tertiary/aromatic N) is 2. The van der Waals surface area contributed by atoms with Crippen molar-refractivity contribution in [3.8, 4) is 17.2 Å². The van der Waals surface area contributed by atoms with Crippen LogP contribution in [0.5, 0.6) is 11.5 Å². The SMILES string of the molecule is O=C(NCc1ccccc1OC(F)(F)F)c1nn(-c2ccccc2)cc1O. The Hall–Kier alpha value is -3.49. The van der Waals surface area contributed by atoms with E-state index in [0.717, 1.165) is 6.07 Å². The summed E-state index contributed by atoms with van der Waals surface area (Å²) >= 11 is 0. The highest BCUT2D eigenvalue weighted by molar-refractivity contribution is 5.94. The van der Waals surface area contributed by atoms with Crippen molar-refractivity contribution in [3.63, 3.8) is 0 Å². The van der Waals surface area contributed by atoms with Crippen LogP contribution < -0.4 is 10.1 Å². The fourth-order valence-corrected chi connectivity index (χ4v) is 2.37. The fraction of sp³-hybridized carbons (Fsp3) is 0.111. The minimum Gasteiger partial charge on any atom is -0.504 e. The van der Waals surface area contributed by atoms with Crippen molar-refractivity contribution >= 4 is 5.91 Å². The second-order valence-electron chi connectivity index (χ2n) is 5.48. The van der Waals surface area contributed by atoms with Crippen LogP contribution in [0.15, 0.2) is 60.8 Å². The van der Waals surface area contributed by atoms with E-state index >= 15 is 0 Å². The molecule has 27 heavy (non-hydrogen) atoms. The summed E-state index contributed by atoms with van der Waals surface area (Å²) in [6.45, 7) is -0.233. The van der Waals surface area contributed by atoms with Gasteiger partial charge in [0.25, 0.3) is 5.91 Å². The fourth-order valence-electron chi connectivity index (χ4n) is 2.37. The molecule has 0 fully saturated rings. The number of hydrogen-bond acceptors (Lipinski definition) is 4. The highest BCUT2D eigenvalue weighted by atomic mass is 19.4. The molecule has 0 saturated heterocycles. The second kappa shape index (κ2) is 7.40. The molecule has 2 aromatic carbocycles. The number of para-hydroxylation sites is 2. The summed E-state index contributed by atoms with van der Waals surface area (Å²) in [7, 11) is 0. The molecule has 0 aliphatic rings. The predicted molar refractivity (Wildman–Crippen MR) is 89.5 cm³/mol. The Morgan fingerprint density at radius 2 is 1.78 bits per heavy atom. The summed E-state index contributed by atoms with van der Waals surface area (Å²) in [5.74, 6) is -1.50. The largest absolute Gasteiger partial charge is 0.573 e. The van der Waals surface area contributed by atoms with Gasteiger partial charge in [0, 0.05) is 12.1 Å². The number of nitrogens with one attached hydrogen (secondary N) is 1. The molecule has 1 aromatic heterocycles. The van der Waals surface area contributed by atoms with Crippen LogP contribution >= 0.6 is 0 Å². The first-order valence-corrected chi connectivity index (χ1v) is 7.79. The minimum absolute atomic E-state index is 0.130. The summed E-state index contributed by atoms with van der Waals surface area (Å²) < 4.78 is 42.6. The highest BCUT2D eigenvalue weighted by Crippen LogP contribution is 2.26. The molecule has 6 nitrogen and oxygen atoms in total. The van der Waals surface area contributed by atoms with Crippen LogP contribution in [-0.4, -0.2) is 27.2 Å². The molecule has 9 heteroatoms. The topological polar surface area (TPSA) is 76.4 Å². The minimum atomic E-state index is -4.84. The number of amides is 1. The maximum atomic E-state index is 12.4. The van der Waals surface area contributed by atoms with Crippen LogP contribution in [-0.2, 0) is 6.54 Å². The van der Waals surface area contributed by atoms with Gasteiger partial charge in [-0.3, -0.25) is 4.79 Å². The van der Waals surface area contributed by atoms with E-state index in [1.54, 1.807) is 30.3 Å². The predicted octanol–water partition coefficient (Wildman–Crippen LogP) is 3.41. The lowest BCUT2D eigenvalue weighted by Crippen LogP contribution is -2.25. The molecule has 0 aliphatic carbocycles. The maximum Gasteiger partial charge on any atom is 0.573 e. The van der Waals surface area contributed by atoms with Gasteiger partial charge in [0.1, 0.15) is 5.75 Å². The molecule has 0 radical (unpaired) electrons. The molecule has 0 atom stereocenters. The number of aromatic nitrogens is 2. The van der Waals surface area contributed by atoms with Gasteiger partial charge in [0.05, 0.1) is 11.9 Å². The number of ether oxygens (including phenoxy) is 1. The number of hydrogen-bond donors (Lipinski definition) is 2. The van der Waals surface area contributed by atoms with E-state index in [2.05, 4.69) is 15.2 Å². The van der Waals surface area contributed by atoms with E-state index in [-0.39, 0.29) is 23.6 Å². The van der Waals surface area contributed by atoms with E-state index in [1.807, 2.05) is 0 Å². The van der Waals surface area contributed by atoms with Crippen LogP contribution in [0, 0.1) is 0 Å². The van der Waals surface area contributed by atoms with Gasteiger partial charge in [0.2, 0.25) is 0 Å². The van der Waals surface area contributed by atoms with Crippen molar-refractivity contribution < 1.29 is 27.8 Å². The lowest BCUT2D eigenvalue weighted by molar-refractivity contribution is -0.274. The first-order valence-electron chi connectivity index (χ1n) is 7.79. The van der Waals surface area contributed by atoms with Crippen LogP contribution in [0.3, 0.4) is 0 Å². The third kappa shape index (κ3) is 4.57. The van der Waals surface area contributed by atoms with Crippen molar-refractivity contribution in [3.05, 3.63) is 72.1 Å². The van der Waals surface area contributed by atoms with Crippen molar-refractivity contribution in [2.75, 3.05) is 0 Å². The Kier molecular flexibility index (Phi) is 5.02. The molecular formula is C18H14F3N3O3. The van der Waals surface area contributed by atoms with Gasteiger partial charge in [-0.1, -0.05) is 36.4 Å². The second-order valence-corrected chi connectivity index (χ2v) is 5.48. The number of rotatable bonds is 5. The number of aromatic hydroxyl groups is 1. The Balaban J connectivity index is 1.73. The Morgan fingerprint density at radius 3 is 2.48 bits per heavy atom. The summed E-state index contributed by atoms with van der Waals surface area (Å²) in [4.78, 5) is 12.3. The third-order valence-corrected chi connectivity index (χ3v) is 3.57. The Morgan fingerprint density at radius 1 is 1.11 bits per heavy atom. The zero-order valence-corrected chi connectivity index (χ0v) is 13.8. The number of alkyl halides is 3. The van der Waals surface area contributed by atoms with Crippen LogP contribution in [0.25, 0.3) is 5.69 Å². The molecule has 0 saturated carbocycles. The molecule has 0 unspecified atom stereocenters. The summed E-state index contributed by atoms with van der Waals surface area (Å²) in [5.41, 5.74) is 0.522. The summed E-state index contributed by atoms with van der Waals surface area (Å²) in [6.07, 6.45) is -3.57. The van der Waals surface area contributed by atoms with Crippen molar-refractivity contribution in [1.29, 1.82) is 0 Å². The third-order valence-electron chi connectivity index (χ3n) is 3.57. The Labute approximate surface area is 151 Å².